The van der Waals surface area contributed by atoms with Crippen LogP contribution in [0, 0.1) is 5.92 Å². The van der Waals surface area contributed by atoms with E-state index in [1.54, 1.807) is 0 Å². The Morgan fingerprint density at radius 2 is 2.00 bits per heavy atom. The molecule has 1 fully saturated rings. The van der Waals surface area contributed by atoms with Crippen molar-refractivity contribution in [3.05, 3.63) is 18.1 Å². The number of carbonyl (C=O) groups is 1. The molecule has 2 aromatic rings. The zero-order valence-corrected chi connectivity index (χ0v) is 13.7. The lowest BCUT2D eigenvalue weighted by molar-refractivity contribution is -0.141. The van der Waals surface area contributed by atoms with Gasteiger partial charge in [-0.15, -0.1) is 0 Å². The van der Waals surface area contributed by atoms with Crippen LogP contribution < -0.4 is 10.2 Å². The number of rotatable bonds is 3. The summed E-state index contributed by atoms with van der Waals surface area (Å²) in [6.07, 6.45) is -7.45. The van der Waals surface area contributed by atoms with Crippen LogP contribution in [0.4, 0.5) is 32.2 Å². The summed E-state index contributed by atoms with van der Waals surface area (Å²) in [7, 11) is 0. The Morgan fingerprint density at radius 3 is 2.67 bits per heavy atom. The summed E-state index contributed by atoms with van der Waals surface area (Å²) in [5, 5.41) is 5.65. The number of anilines is 1. The van der Waals surface area contributed by atoms with E-state index in [1.807, 2.05) is 5.32 Å². The van der Waals surface area contributed by atoms with E-state index >= 15 is 0 Å². The molecule has 27 heavy (non-hydrogen) atoms. The molecule has 0 aliphatic carbocycles. The minimum Gasteiger partial charge on any atom is -0.356 e. The van der Waals surface area contributed by atoms with E-state index in [4.69, 9.17) is 0 Å². The molecular formula is C14H14F6N6O. The summed E-state index contributed by atoms with van der Waals surface area (Å²) >= 11 is 0. The quantitative estimate of drug-likeness (QED) is 0.804. The second kappa shape index (κ2) is 6.85. The average Bonchev–Trinajstić information content (AvgIpc) is 3.06. The largest absolute Gasteiger partial charge is 0.433 e. The standard InChI is InChI=1S/C14H14F6N6O/c15-13(16,17)6-21-11(27)8-2-1-3-25(5-8)10-4-9(14(18,19)20)24-12-22-7-23-26(10)12/h4,7-8H,1-3,5-6H2,(H,21,27). The minimum atomic E-state index is -4.71. The molecule has 0 aromatic carbocycles. The number of alkyl halides is 6. The van der Waals surface area contributed by atoms with Gasteiger partial charge in [0.05, 0.1) is 5.92 Å². The molecule has 0 spiro atoms. The van der Waals surface area contributed by atoms with Gasteiger partial charge < -0.3 is 10.2 Å². The van der Waals surface area contributed by atoms with Crippen LogP contribution >= 0.6 is 0 Å². The third-order valence-corrected chi connectivity index (χ3v) is 4.10. The molecule has 0 bridgehead atoms. The molecule has 148 valence electrons. The van der Waals surface area contributed by atoms with Gasteiger partial charge in [0, 0.05) is 19.2 Å². The third kappa shape index (κ3) is 4.39. The molecule has 0 radical (unpaired) electrons. The van der Waals surface area contributed by atoms with E-state index in [-0.39, 0.29) is 18.1 Å². The van der Waals surface area contributed by atoms with E-state index < -0.39 is 36.4 Å². The molecule has 2 aromatic heterocycles. The van der Waals surface area contributed by atoms with Crippen molar-refractivity contribution in [2.24, 2.45) is 5.92 Å². The van der Waals surface area contributed by atoms with Crippen LogP contribution in [0.1, 0.15) is 18.5 Å². The van der Waals surface area contributed by atoms with Crippen molar-refractivity contribution in [2.75, 3.05) is 24.5 Å². The zero-order valence-electron chi connectivity index (χ0n) is 13.7. The third-order valence-electron chi connectivity index (χ3n) is 4.10. The number of piperidine rings is 1. The predicted molar refractivity (Wildman–Crippen MR) is 79.8 cm³/mol. The van der Waals surface area contributed by atoms with E-state index in [2.05, 4.69) is 15.1 Å². The van der Waals surface area contributed by atoms with Gasteiger partial charge in [0.25, 0.3) is 5.78 Å². The SMILES string of the molecule is O=C(NCC(F)(F)F)C1CCCN(c2cc(C(F)(F)F)nc3ncnn23)C1. The van der Waals surface area contributed by atoms with Crippen LogP contribution in [0.2, 0.25) is 0 Å². The Kier molecular flexibility index (Phi) is 4.86. The summed E-state index contributed by atoms with van der Waals surface area (Å²) < 4.78 is 77.1. The highest BCUT2D eigenvalue weighted by molar-refractivity contribution is 5.79. The lowest BCUT2D eigenvalue weighted by Crippen LogP contribution is -2.45. The maximum Gasteiger partial charge on any atom is 0.433 e. The van der Waals surface area contributed by atoms with Crippen molar-refractivity contribution in [3.8, 4) is 0 Å². The Morgan fingerprint density at radius 1 is 1.26 bits per heavy atom. The van der Waals surface area contributed by atoms with E-state index in [1.165, 1.54) is 4.90 Å². The van der Waals surface area contributed by atoms with E-state index in [0.29, 0.717) is 19.4 Å². The molecule has 1 aliphatic rings. The molecule has 1 amide bonds. The Bertz CT molecular complexity index is 832. The number of nitrogens with one attached hydrogen (secondary N) is 1. The highest BCUT2D eigenvalue weighted by atomic mass is 19.4. The molecule has 1 unspecified atom stereocenters. The first-order valence-corrected chi connectivity index (χ1v) is 7.92. The number of nitrogens with zero attached hydrogens (tertiary/aromatic N) is 5. The lowest BCUT2D eigenvalue weighted by atomic mass is 9.97. The van der Waals surface area contributed by atoms with Gasteiger partial charge in [-0.05, 0) is 12.8 Å². The molecule has 3 heterocycles. The first-order valence-electron chi connectivity index (χ1n) is 7.92. The van der Waals surface area contributed by atoms with Gasteiger partial charge in [-0.3, -0.25) is 4.79 Å². The molecule has 1 atom stereocenters. The van der Waals surface area contributed by atoms with Crippen molar-refractivity contribution < 1.29 is 31.1 Å². The monoisotopic (exact) mass is 396 g/mol. The van der Waals surface area contributed by atoms with Crippen molar-refractivity contribution in [2.45, 2.75) is 25.2 Å². The van der Waals surface area contributed by atoms with Gasteiger partial charge in [0.1, 0.15) is 18.7 Å². The maximum atomic E-state index is 13.1. The Hall–Kier alpha value is -2.60. The molecule has 7 nitrogen and oxygen atoms in total. The van der Waals surface area contributed by atoms with Crippen LogP contribution in [0.3, 0.4) is 0 Å². The van der Waals surface area contributed by atoms with Gasteiger partial charge in [0.2, 0.25) is 5.91 Å². The second-order valence-corrected chi connectivity index (χ2v) is 6.09. The number of fused-ring (bicyclic) bond motifs is 1. The number of hydrogen-bond acceptors (Lipinski definition) is 5. The fourth-order valence-corrected chi connectivity index (χ4v) is 2.90. The fraction of sp³-hybridized carbons (Fsp3) is 0.571. The molecule has 1 aliphatic heterocycles. The molecule has 0 saturated carbocycles. The normalized spacial score (nSPS) is 18.7. The van der Waals surface area contributed by atoms with Gasteiger partial charge in [-0.25, -0.2) is 4.98 Å². The second-order valence-electron chi connectivity index (χ2n) is 6.09. The number of hydrogen-bond donors (Lipinski definition) is 1. The van der Waals surface area contributed by atoms with Gasteiger partial charge in [-0.1, -0.05) is 0 Å². The van der Waals surface area contributed by atoms with E-state index in [9.17, 15) is 31.1 Å². The smallest absolute Gasteiger partial charge is 0.356 e. The summed E-state index contributed by atoms with van der Waals surface area (Å²) in [4.78, 5) is 20.5. The van der Waals surface area contributed by atoms with Gasteiger partial charge >= 0.3 is 12.4 Å². The molecular weight excluding hydrogens is 382 g/mol. The number of carbonyl (C=O) groups excluding carboxylic acids is 1. The van der Waals surface area contributed by atoms with Crippen LogP contribution in [-0.2, 0) is 11.0 Å². The van der Waals surface area contributed by atoms with Crippen molar-refractivity contribution in [1.82, 2.24) is 24.9 Å². The molecule has 13 heteroatoms. The number of amides is 1. The number of aromatic nitrogens is 4. The summed E-state index contributed by atoms with van der Waals surface area (Å²) in [6.45, 7) is -1.18. The minimum absolute atomic E-state index is 0.0261. The van der Waals surface area contributed by atoms with E-state index in [0.717, 1.165) is 16.9 Å². The zero-order chi connectivity index (χ0) is 19.8. The predicted octanol–water partition coefficient (Wildman–Crippen LogP) is 2.04. The summed E-state index contributed by atoms with van der Waals surface area (Å²) in [6, 6.07) is 0.789. The fourth-order valence-electron chi connectivity index (χ4n) is 2.90. The summed E-state index contributed by atoms with van der Waals surface area (Å²) in [5.41, 5.74) is -1.17. The first-order chi connectivity index (χ1) is 12.5. The van der Waals surface area contributed by atoms with Crippen LogP contribution in [0.5, 0.6) is 0 Å². The van der Waals surface area contributed by atoms with Crippen molar-refractivity contribution in [3.63, 3.8) is 0 Å². The molecule has 1 N–H and O–H groups in total. The van der Waals surface area contributed by atoms with Gasteiger partial charge in [-0.2, -0.15) is 40.9 Å². The highest BCUT2D eigenvalue weighted by Crippen LogP contribution is 2.32. The lowest BCUT2D eigenvalue weighted by Gasteiger charge is -2.33. The number of halogens is 6. The highest BCUT2D eigenvalue weighted by Gasteiger charge is 2.36. The molecule has 3 rings (SSSR count). The first kappa shape index (κ1) is 19.2. The maximum absolute atomic E-state index is 13.1. The van der Waals surface area contributed by atoms with Gasteiger partial charge in [0.15, 0.2) is 5.69 Å². The average molecular weight is 396 g/mol. The van der Waals surface area contributed by atoms with Crippen LogP contribution in [0.15, 0.2) is 12.4 Å². The topological polar surface area (TPSA) is 75.4 Å². The summed E-state index contributed by atoms with van der Waals surface area (Å²) in [5.74, 6) is -1.82. The van der Waals surface area contributed by atoms with Crippen molar-refractivity contribution in [1.29, 1.82) is 0 Å². The molecule has 1 saturated heterocycles. The van der Waals surface area contributed by atoms with Crippen LogP contribution in [-0.4, -0.2) is 51.3 Å². The Balaban J connectivity index is 1.84. The van der Waals surface area contributed by atoms with Crippen LogP contribution in [0.25, 0.3) is 5.78 Å². The Labute approximate surface area is 148 Å². The van der Waals surface area contributed by atoms with Crippen molar-refractivity contribution >= 4 is 17.5 Å².